The van der Waals surface area contributed by atoms with E-state index >= 15 is 0 Å². The summed E-state index contributed by atoms with van der Waals surface area (Å²) in [5.41, 5.74) is 0.383. The summed E-state index contributed by atoms with van der Waals surface area (Å²) >= 11 is 11.8. The molecule has 124 valence electrons. The van der Waals surface area contributed by atoms with E-state index in [2.05, 4.69) is 17.1 Å². The molecule has 2 rings (SSSR count). The van der Waals surface area contributed by atoms with Crippen molar-refractivity contribution in [2.45, 2.75) is 25.9 Å². The summed E-state index contributed by atoms with van der Waals surface area (Å²) in [5.74, 6) is 0.475. The fourth-order valence-electron chi connectivity index (χ4n) is 2.67. The predicted molar refractivity (Wildman–Crippen MR) is 88.6 cm³/mol. The van der Waals surface area contributed by atoms with Gasteiger partial charge >= 0.3 is 0 Å². The molecule has 1 amide bonds. The van der Waals surface area contributed by atoms with Crippen molar-refractivity contribution in [3.63, 3.8) is 0 Å². The van der Waals surface area contributed by atoms with Crippen LogP contribution in [0.15, 0.2) is 6.07 Å². The van der Waals surface area contributed by atoms with Crippen molar-refractivity contribution in [2.24, 2.45) is 13.0 Å². The van der Waals surface area contributed by atoms with Crippen molar-refractivity contribution in [3.05, 3.63) is 21.9 Å². The molecule has 0 saturated carbocycles. The van der Waals surface area contributed by atoms with E-state index in [0.717, 1.165) is 19.0 Å². The molecule has 1 aliphatic heterocycles. The van der Waals surface area contributed by atoms with Gasteiger partial charge in [0.25, 0.3) is 5.91 Å². The fourth-order valence-corrected chi connectivity index (χ4v) is 3.04. The van der Waals surface area contributed by atoms with Crippen molar-refractivity contribution in [2.75, 3.05) is 26.2 Å². The molecule has 2 N–H and O–H groups in total. The van der Waals surface area contributed by atoms with E-state index < -0.39 is 6.10 Å². The van der Waals surface area contributed by atoms with Gasteiger partial charge in [0.05, 0.1) is 11.1 Å². The Labute approximate surface area is 141 Å². The molecule has 5 nitrogen and oxygen atoms in total. The summed E-state index contributed by atoms with van der Waals surface area (Å²) in [5, 5.41) is 13.5. The largest absolute Gasteiger partial charge is 0.390 e. The Kier molecular flexibility index (Phi) is 6.15. The number of nitrogens with zero attached hydrogens (tertiary/aromatic N) is 2. The fraction of sp³-hybridized carbons (Fsp3) is 0.667. The molecule has 7 heteroatoms. The minimum atomic E-state index is -0.580. The molecule has 2 heterocycles. The Balaban J connectivity index is 1.79. The van der Waals surface area contributed by atoms with Gasteiger partial charge < -0.3 is 19.9 Å². The molecule has 1 aromatic rings. The first-order chi connectivity index (χ1) is 10.4. The molecule has 1 aromatic heterocycles. The van der Waals surface area contributed by atoms with E-state index in [0.29, 0.717) is 22.4 Å². The zero-order valence-corrected chi connectivity index (χ0v) is 14.5. The summed E-state index contributed by atoms with van der Waals surface area (Å²) in [4.78, 5) is 14.3. The quantitative estimate of drug-likeness (QED) is 0.857. The minimum Gasteiger partial charge on any atom is -0.390 e. The molecule has 0 aromatic carbocycles. The number of carbonyl (C=O) groups excluding carboxylic acids is 1. The van der Waals surface area contributed by atoms with Crippen LogP contribution in [0, 0.1) is 5.92 Å². The molecule has 0 radical (unpaired) electrons. The van der Waals surface area contributed by atoms with Crippen LogP contribution in [0.2, 0.25) is 10.2 Å². The lowest BCUT2D eigenvalue weighted by Crippen LogP contribution is -2.43. The zero-order chi connectivity index (χ0) is 16.3. The Morgan fingerprint density at radius 2 is 2.09 bits per heavy atom. The highest BCUT2D eigenvalue weighted by atomic mass is 35.5. The Bertz CT molecular complexity index is 525. The van der Waals surface area contributed by atoms with Crippen molar-refractivity contribution >= 4 is 29.1 Å². The molecule has 0 aliphatic carbocycles. The van der Waals surface area contributed by atoms with Gasteiger partial charge in [-0.2, -0.15) is 0 Å². The average Bonchev–Trinajstić information content (AvgIpc) is 2.75. The van der Waals surface area contributed by atoms with E-state index in [1.807, 2.05) is 0 Å². The molecule has 1 aliphatic rings. The molecule has 22 heavy (non-hydrogen) atoms. The van der Waals surface area contributed by atoms with E-state index in [9.17, 15) is 9.90 Å². The van der Waals surface area contributed by atoms with Gasteiger partial charge in [-0.3, -0.25) is 4.79 Å². The van der Waals surface area contributed by atoms with Crippen LogP contribution in [0.3, 0.4) is 0 Å². The number of aliphatic hydroxyl groups excluding tert-OH is 1. The molecule has 0 spiro atoms. The number of hydrogen-bond donors (Lipinski definition) is 2. The number of hydrogen-bond acceptors (Lipinski definition) is 3. The number of aliphatic hydroxyl groups is 1. The third kappa shape index (κ3) is 4.38. The number of nitrogens with one attached hydrogen (secondary N) is 1. The van der Waals surface area contributed by atoms with E-state index in [4.69, 9.17) is 23.2 Å². The smallest absolute Gasteiger partial charge is 0.268 e. The Morgan fingerprint density at radius 1 is 1.45 bits per heavy atom. The Morgan fingerprint density at radius 3 is 2.64 bits per heavy atom. The summed E-state index contributed by atoms with van der Waals surface area (Å²) in [6.45, 7) is 5.07. The molecule has 0 bridgehead atoms. The van der Waals surface area contributed by atoms with Gasteiger partial charge in [-0.25, -0.2) is 0 Å². The number of halogens is 2. The van der Waals surface area contributed by atoms with E-state index in [-0.39, 0.29) is 12.5 Å². The van der Waals surface area contributed by atoms with Crippen LogP contribution in [0.5, 0.6) is 0 Å². The molecule has 1 unspecified atom stereocenters. The third-order valence-corrected chi connectivity index (χ3v) is 5.03. The van der Waals surface area contributed by atoms with Gasteiger partial charge in [0.2, 0.25) is 0 Å². The van der Waals surface area contributed by atoms with Crippen molar-refractivity contribution in [1.82, 2.24) is 14.8 Å². The molecular weight excluding hydrogens is 325 g/mol. The van der Waals surface area contributed by atoms with Crippen LogP contribution >= 0.6 is 23.2 Å². The standard InChI is InChI=1S/C15H23Cl2N3O2/c1-10-3-5-20(6-4-10)9-11(21)8-18-15(22)13-7-12(16)14(17)19(13)2/h7,10-11,21H,3-6,8-9H2,1-2H3,(H,18,22). The van der Waals surface area contributed by atoms with Gasteiger partial charge in [0.1, 0.15) is 10.8 Å². The van der Waals surface area contributed by atoms with Crippen molar-refractivity contribution < 1.29 is 9.90 Å². The minimum absolute atomic E-state index is 0.214. The second-order valence-electron chi connectivity index (χ2n) is 6.07. The zero-order valence-electron chi connectivity index (χ0n) is 13.0. The summed E-state index contributed by atoms with van der Waals surface area (Å²) < 4.78 is 1.53. The normalized spacial score (nSPS) is 18.4. The number of piperidine rings is 1. The number of β-amino-alcohol motifs (C(OH)–C–C–N with tert-alkyl or cyclic N) is 1. The van der Waals surface area contributed by atoms with Crippen LogP contribution in [0.25, 0.3) is 0 Å². The number of aromatic nitrogens is 1. The van der Waals surface area contributed by atoms with Gasteiger partial charge in [0, 0.05) is 20.1 Å². The van der Waals surface area contributed by atoms with Gasteiger partial charge in [0.15, 0.2) is 0 Å². The number of amides is 1. The molecular formula is C15H23Cl2N3O2. The van der Waals surface area contributed by atoms with Gasteiger partial charge in [-0.15, -0.1) is 0 Å². The third-order valence-electron chi connectivity index (χ3n) is 4.19. The first kappa shape index (κ1) is 17.6. The summed E-state index contributed by atoms with van der Waals surface area (Å²) in [6.07, 6.45) is 1.75. The highest BCUT2D eigenvalue weighted by molar-refractivity contribution is 6.41. The molecule has 1 saturated heterocycles. The first-order valence-corrected chi connectivity index (χ1v) is 8.33. The second-order valence-corrected chi connectivity index (χ2v) is 6.84. The maximum atomic E-state index is 12.1. The molecule has 1 fully saturated rings. The summed E-state index contributed by atoms with van der Waals surface area (Å²) in [7, 11) is 1.68. The average molecular weight is 348 g/mol. The maximum absolute atomic E-state index is 12.1. The summed E-state index contributed by atoms with van der Waals surface area (Å²) in [6, 6.07) is 1.53. The lowest BCUT2D eigenvalue weighted by molar-refractivity contribution is 0.0791. The first-order valence-electron chi connectivity index (χ1n) is 7.57. The highest BCUT2D eigenvalue weighted by Gasteiger charge is 2.20. The SMILES string of the molecule is CC1CCN(CC(O)CNC(=O)c2cc(Cl)c(Cl)n2C)CC1. The topological polar surface area (TPSA) is 57.5 Å². The van der Waals surface area contributed by atoms with Crippen LogP contribution in [-0.2, 0) is 7.05 Å². The highest BCUT2D eigenvalue weighted by Crippen LogP contribution is 2.25. The predicted octanol–water partition coefficient (Wildman–Crippen LogP) is 2.15. The number of rotatable bonds is 5. The van der Waals surface area contributed by atoms with Crippen LogP contribution in [0.4, 0.5) is 0 Å². The Hall–Kier alpha value is -0.750. The van der Waals surface area contributed by atoms with Crippen molar-refractivity contribution in [1.29, 1.82) is 0 Å². The number of carbonyl (C=O) groups is 1. The lowest BCUT2D eigenvalue weighted by Gasteiger charge is -2.31. The molecule has 1 atom stereocenters. The van der Waals surface area contributed by atoms with E-state index in [1.54, 1.807) is 7.05 Å². The van der Waals surface area contributed by atoms with Crippen molar-refractivity contribution in [3.8, 4) is 0 Å². The maximum Gasteiger partial charge on any atom is 0.268 e. The van der Waals surface area contributed by atoms with Crippen LogP contribution in [-0.4, -0.2) is 52.8 Å². The number of likely N-dealkylation sites (tertiary alicyclic amines) is 1. The van der Waals surface area contributed by atoms with Gasteiger partial charge in [-0.1, -0.05) is 30.1 Å². The van der Waals surface area contributed by atoms with Crippen LogP contribution in [0.1, 0.15) is 30.3 Å². The van der Waals surface area contributed by atoms with Gasteiger partial charge in [-0.05, 0) is 37.9 Å². The van der Waals surface area contributed by atoms with Crippen LogP contribution < -0.4 is 5.32 Å². The lowest BCUT2D eigenvalue weighted by atomic mass is 9.99. The second kappa shape index (κ2) is 7.68. The van der Waals surface area contributed by atoms with E-state index in [1.165, 1.54) is 23.5 Å². The monoisotopic (exact) mass is 347 g/mol.